The monoisotopic (exact) mass is 776 g/mol. The van der Waals surface area contributed by atoms with Crippen LogP contribution in [0.2, 0.25) is 0 Å². The van der Waals surface area contributed by atoms with E-state index in [9.17, 15) is 34.2 Å². The van der Waals surface area contributed by atoms with Crippen molar-refractivity contribution in [1.82, 2.24) is 4.98 Å². The minimum absolute atomic E-state index is 0.0234. The molecule has 0 aliphatic heterocycles. The maximum Gasteiger partial charge on any atom is 0.306 e. The molecule has 11 heteroatoms. The average Bonchev–Trinajstić information content (AvgIpc) is 3.47. The maximum atomic E-state index is 13.6. The number of aliphatic hydroxyl groups is 2. The van der Waals surface area contributed by atoms with E-state index in [2.05, 4.69) is 11.9 Å². The molecule has 7 rings (SSSR count). The van der Waals surface area contributed by atoms with Gasteiger partial charge in [0.25, 0.3) is 0 Å². The van der Waals surface area contributed by atoms with Crippen LogP contribution >= 0.6 is 0 Å². The summed E-state index contributed by atoms with van der Waals surface area (Å²) in [5.41, 5.74) is 6.55. The molecular formula is C46H52N2O9. The fourth-order valence-corrected chi connectivity index (χ4v) is 10.6. The Morgan fingerprint density at radius 2 is 1.70 bits per heavy atom. The van der Waals surface area contributed by atoms with Gasteiger partial charge in [0.2, 0.25) is 5.78 Å². The van der Waals surface area contributed by atoms with Gasteiger partial charge in [-0.25, -0.2) is 0 Å². The van der Waals surface area contributed by atoms with Crippen LogP contribution in [0.5, 0.6) is 0 Å². The van der Waals surface area contributed by atoms with Crippen LogP contribution in [0.3, 0.4) is 0 Å². The normalized spacial score (nSPS) is 29.4. The van der Waals surface area contributed by atoms with Crippen molar-refractivity contribution in [2.24, 2.45) is 34.3 Å². The summed E-state index contributed by atoms with van der Waals surface area (Å²) in [7, 11) is 0. The zero-order valence-corrected chi connectivity index (χ0v) is 32.7. The Labute approximate surface area is 332 Å². The summed E-state index contributed by atoms with van der Waals surface area (Å²) in [6, 6.07) is 15.3. The van der Waals surface area contributed by atoms with Gasteiger partial charge in [0.15, 0.2) is 12.4 Å². The quantitative estimate of drug-likeness (QED) is 0.186. The van der Waals surface area contributed by atoms with Crippen molar-refractivity contribution in [3.63, 3.8) is 0 Å². The van der Waals surface area contributed by atoms with Crippen LogP contribution in [-0.2, 0) is 46.3 Å². The van der Waals surface area contributed by atoms with Crippen LogP contribution in [0.25, 0.3) is 10.8 Å². The van der Waals surface area contributed by atoms with Gasteiger partial charge in [-0.1, -0.05) is 68.0 Å². The van der Waals surface area contributed by atoms with E-state index in [1.807, 2.05) is 61.5 Å². The lowest BCUT2D eigenvalue weighted by Gasteiger charge is -2.59. The molecule has 0 radical (unpaired) electrons. The highest BCUT2D eigenvalue weighted by molar-refractivity contribution is 6.01. The van der Waals surface area contributed by atoms with Gasteiger partial charge in [-0.15, -0.1) is 0 Å². The van der Waals surface area contributed by atoms with E-state index in [1.165, 1.54) is 0 Å². The van der Waals surface area contributed by atoms with Crippen molar-refractivity contribution >= 4 is 40.1 Å². The summed E-state index contributed by atoms with van der Waals surface area (Å²) >= 11 is 0. The van der Waals surface area contributed by atoms with E-state index in [0.29, 0.717) is 12.8 Å². The van der Waals surface area contributed by atoms with E-state index >= 15 is 0 Å². The lowest BCUT2D eigenvalue weighted by molar-refractivity contribution is -0.181. The summed E-state index contributed by atoms with van der Waals surface area (Å²) in [6.45, 7) is 3.58. The maximum absolute atomic E-state index is 13.6. The molecule has 57 heavy (non-hydrogen) atoms. The Balaban J connectivity index is 0.842. The van der Waals surface area contributed by atoms with Gasteiger partial charge in [0.05, 0.1) is 31.5 Å². The number of aliphatic hydroxyl groups excluding tert-OH is 1. The molecule has 3 fully saturated rings. The van der Waals surface area contributed by atoms with Crippen molar-refractivity contribution in [2.75, 3.05) is 19.8 Å². The molecular weight excluding hydrogens is 725 g/mol. The number of aromatic nitrogens is 1. The largest absolute Gasteiger partial charge is 0.465 e. The number of benzene rings is 2. The molecule has 300 valence electrons. The van der Waals surface area contributed by atoms with E-state index in [-0.39, 0.29) is 74.6 Å². The van der Waals surface area contributed by atoms with E-state index in [4.69, 9.17) is 15.2 Å². The molecule has 1 unspecified atom stereocenters. The number of fused-ring (bicyclic) bond motifs is 6. The van der Waals surface area contributed by atoms with Gasteiger partial charge in [-0.05, 0) is 84.2 Å². The number of pyridine rings is 1. The number of carbonyl (C=O) groups excluding carboxylic acids is 5. The highest BCUT2D eigenvalue weighted by atomic mass is 16.5. The second kappa shape index (κ2) is 16.2. The Bertz CT molecular complexity index is 2130. The second-order valence-corrected chi connectivity index (χ2v) is 16.9. The summed E-state index contributed by atoms with van der Waals surface area (Å²) in [4.78, 5) is 68.1. The van der Waals surface area contributed by atoms with Crippen molar-refractivity contribution in [3.8, 4) is 0 Å². The fraction of sp³-hybridized carbons (Fsp3) is 0.478. The summed E-state index contributed by atoms with van der Waals surface area (Å²) in [5.74, 6) is -2.50. The number of carbonyl (C=O) groups is 5. The van der Waals surface area contributed by atoms with Gasteiger partial charge < -0.3 is 25.4 Å². The standard InChI is InChI=1S/C46H52N2O9/c1-44-17-13-34(49)23-33(44)9-10-35-37-14-18-46(55,45(37,2)24-39(51)43(35)44)40(52)27-57-42(54)12-11-41(53)56-20-16-28-3-6-30(7-4-28)36(25-47)38(50)22-29-5-8-32-26-48-19-15-31(32)21-29/h3-8,13,15,17,19,21,23,26,35-37,39,43,51,55H,9-12,14,16,18,20,22,24-25,27,47H2,1-2H3/t35-,36?,37-,39-,43+,44-,45-,46-/m0/s1. The topological polar surface area (TPSA) is 183 Å². The van der Waals surface area contributed by atoms with E-state index < -0.39 is 52.8 Å². The number of hydrogen-bond donors (Lipinski definition) is 3. The molecule has 1 heterocycles. The summed E-state index contributed by atoms with van der Waals surface area (Å²) in [6.07, 6.45) is 10.6. The minimum atomic E-state index is -1.77. The number of nitrogens with zero attached hydrogens (tertiary/aromatic N) is 1. The van der Waals surface area contributed by atoms with E-state index in [0.717, 1.165) is 45.9 Å². The highest BCUT2D eigenvalue weighted by Crippen LogP contribution is 2.67. The molecule has 1 aromatic heterocycles. The fourth-order valence-electron chi connectivity index (χ4n) is 10.6. The molecule has 4 N–H and O–H groups in total. The molecule has 2 aromatic carbocycles. The van der Waals surface area contributed by atoms with Crippen LogP contribution in [0.15, 0.2) is 84.7 Å². The summed E-state index contributed by atoms with van der Waals surface area (Å²) in [5, 5.41) is 25.5. The molecule has 0 bridgehead atoms. The van der Waals surface area contributed by atoms with Gasteiger partial charge in [-0.3, -0.25) is 29.0 Å². The summed E-state index contributed by atoms with van der Waals surface area (Å²) < 4.78 is 10.6. The Kier molecular flexibility index (Phi) is 11.5. The molecule has 3 saturated carbocycles. The first-order valence-electron chi connectivity index (χ1n) is 20.1. The second-order valence-electron chi connectivity index (χ2n) is 16.9. The number of ether oxygens (including phenoxy) is 2. The predicted molar refractivity (Wildman–Crippen MR) is 212 cm³/mol. The molecule has 4 aliphatic rings. The SMILES string of the molecule is C[C@]12C=CC(=O)C=C1CC[C@@H]1[C@@H]2[C@@H](O)C[C@@]2(C)[C@H]1CC[C@]2(O)C(=O)COC(=O)CCC(=O)OCCc1ccc(C(CN)C(=O)Cc2ccc3cnccc3c2)cc1. The average molecular weight is 777 g/mol. The van der Waals surface area contributed by atoms with Gasteiger partial charge >= 0.3 is 11.9 Å². The Morgan fingerprint density at radius 3 is 2.46 bits per heavy atom. The van der Waals surface area contributed by atoms with Crippen molar-refractivity contribution in [1.29, 1.82) is 0 Å². The van der Waals surface area contributed by atoms with Crippen LogP contribution < -0.4 is 5.73 Å². The van der Waals surface area contributed by atoms with Crippen molar-refractivity contribution < 1.29 is 43.7 Å². The third-order valence-electron chi connectivity index (χ3n) is 13.8. The number of Topliss-reactive ketones (excluding diaryl/α,β-unsaturated/α-hetero) is 2. The van der Waals surface area contributed by atoms with Crippen LogP contribution in [0, 0.1) is 28.6 Å². The number of esters is 2. The smallest absolute Gasteiger partial charge is 0.306 e. The number of allylic oxidation sites excluding steroid dienone is 4. The van der Waals surface area contributed by atoms with Gasteiger partial charge in [0.1, 0.15) is 11.4 Å². The molecule has 0 spiro atoms. The first kappa shape index (κ1) is 40.4. The highest BCUT2D eigenvalue weighted by Gasteiger charge is 2.68. The lowest BCUT2D eigenvalue weighted by atomic mass is 9.46. The number of ketones is 3. The third kappa shape index (κ3) is 7.77. The molecule has 3 aromatic rings. The molecule has 0 saturated heterocycles. The number of rotatable bonds is 14. The molecule has 11 nitrogen and oxygen atoms in total. The van der Waals surface area contributed by atoms with Gasteiger partial charge in [0, 0.05) is 53.9 Å². The third-order valence-corrected chi connectivity index (χ3v) is 13.8. The van der Waals surface area contributed by atoms with Crippen LogP contribution in [0.4, 0.5) is 0 Å². The zero-order chi connectivity index (χ0) is 40.5. The first-order valence-corrected chi connectivity index (χ1v) is 20.1. The Hall–Kier alpha value is -4.84. The van der Waals surface area contributed by atoms with Crippen LogP contribution in [-0.4, -0.2) is 75.9 Å². The predicted octanol–water partition coefficient (Wildman–Crippen LogP) is 5.08. The van der Waals surface area contributed by atoms with Crippen molar-refractivity contribution in [3.05, 3.63) is 101 Å². The molecule has 0 amide bonds. The number of hydrogen-bond acceptors (Lipinski definition) is 11. The Morgan fingerprint density at radius 1 is 0.965 bits per heavy atom. The molecule has 4 aliphatic carbocycles. The zero-order valence-electron chi connectivity index (χ0n) is 32.7. The first-order chi connectivity index (χ1) is 27.3. The lowest BCUT2D eigenvalue weighted by Crippen LogP contribution is -2.61. The number of nitrogens with two attached hydrogens (primary N) is 1. The van der Waals surface area contributed by atoms with Gasteiger partial charge in [-0.2, -0.15) is 0 Å². The molecule has 8 atom stereocenters. The van der Waals surface area contributed by atoms with Crippen LogP contribution in [0.1, 0.15) is 81.4 Å². The minimum Gasteiger partial charge on any atom is -0.465 e. The van der Waals surface area contributed by atoms with E-state index in [1.54, 1.807) is 24.5 Å². The van der Waals surface area contributed by atoms with Crippen molar-refractivity contribution in [2.45, 2.75) is 89.3 Å².